The van der Waals surface area contributed by atoms with E-state index >= 15 is 0 Å². The van der Waals surface area contributed by atoms with Gasteiger partial charge in [0.05, 0.1) is 16.8 Å². The van der Waals surface area contributed by atoms with E-state index in [0.29, 0.717) is 25.1 Å². The summed E-state index contributed by atoms with van der Waals surface area (Å²) >= 11 is 0. The molecule has 7 heteroatoms. The first kappa shape index (κ1) is 17.6. The lowest BCUT2D eigenvalue weighted by molar-refractivity contribution is -0.119. The van der Waals surface area contributed by atoms with Crippen molar-refractivity contribution in [2.24, 2.45) is 0 Å². The van der Waals surface area contributed by atoms with Gasteiger partial charge in [-0.25, -0.2) is 8.42 Å². The number of hydrogen-bond donors (Lipinski definition) is 1. The highest BCUT2D eigenvalue weighted by Gasteiger charge is 2.39. The molecule has 1 saturated heterocycles. The fraction of sp³-hybridized carbons (Fsp3) is 0.200. The van der Waals surface area contributed by atoms with Crippen LogP contribution in [0, 0.1) is 0 Å². The molecule has 1 unspecified atom stereocenters. The van der Waals surface area contributed by atoms with E-state index in [1.807, 2.05) is 24.3 Å². The summed E-state index contributed by atoms with van der Waals surface area (Å²) in [5.41, 5.74) is 0.553. The minimum atomic E-state index is -3.76. The normalized spacial score (nSPS) is 17.9. The van der Waals surface area contributed by atoms with E-state index in [1.54, 1.807) is 36.5 Å². The lowest BCUT2D eigenvalue weighted by Crippen LogP contribution is -2.43. The number of nitrogens with zero attached hydrogens (tertiary/aromatic N) is 2. The van der Waals surface area contributed by atoms with E-state index in [9.17, 15) is 13.2 Å². The molecule has 0 radical (unpaired) electrons. The summed E-state index contributed by atoms with van der Waals surface area (Å²) in [7, 11) is -3.76. The number of sulfonamides is 1. The predicted octanol–water partition coefficient (Wildman–Crippen LogP) is 3.03. The molecule has 1 atom stereocenters. The van der Waals surface area contributed by atoms with E-state index in [2.05, 4.69) is 10.3 Å². The maximum absolute atomic E-state index is 13.2. The monoisotopic (exact) mass is 381 g/mol. The predicted molar refractivity (Wildman–Crippen MR) is 104 cm³/mol. The van der Waals surface area contributed by atoms with Crippen LogP contribution in [0.15, 0.2) is 71.9 Å². The van der Waals surface area contributed by atoms with Gasteiger partial charge in [-0.15, -0.1) is 0 Å². The van der Waals surface area contributed by atoms with Gasteiger partial charge in [-0.3, -0.25) is 9.78 Å². The van der Waals surface area contributed by atoms with Crippen LogP contribution in [0.25, 0.3) is 10.8 Å². The Morgan fingerprint density at radius 3 is 2.67 bits per heavy atom. The van der Waals surface area contributed by atoms with Crippen molar-refractivity contribution < 1.29 is 13.2 Å². The van der Waals surface area contributed by atoms with Crippen molar-refractivity contribution in [3.63, 3.8) is 0 Å². The Hall–Kier alpha value is -2.77. The van der Waals surface area contributed by atoms with Gasteiger partial charge in [-0.05, 0) is 47.9 Å². The molecule has 1 amide bonds. The van der Waals surface area contributed by atoms with Crippen LogP contribution >= 0.6 is 0 Å². The third-order valence-corrected chi connectivity index (χ3v) is 6.67. The summed E-state index contributed by atoms with van der Waals surface area (Å²) in [4.78, 5) is 16.8. The molecule has 2 heterocycles. The molecular weight excluding hydrogens is 362 g/mol. The van der Waals surface area contributed by atoms with Crippen LogP contribution in [0.3, 0.4) is 0 Å². The van der Waals surface area contributed by atoms with Gasteiger partial charge in [0.2, 0.25) is 15.9 Å². The molecule has 0 saturated carbocycles. The van der Waals surface area contributed by atoms with Gasteiger partial charge in [0.15, 0.2) is 0 Å². The van der Waals surface area contributed by atoms with Gasteiger partial charge in [0, 0.05) is 12.7 Å². The molecule has 6 nitrogen and oxygen atoms in total. The van der Waals surface area contributed by atoms with Crippen molar-refractivity contribution >= 4 is 32.4 Å². The van der Waals surface area contributed by atoms with E-state index in [0.717, 1.165) is 10.8 Å². The van der Waals surface area contributed by atoms with Crippen LogP contribution in [-0.4, -0.2) is 36.2 Å². The minimum Gasteiger partial charge on any atom is -0.323 e. The lowest BCUT2D eigenvalue weighted by Gasteiger charge is -2.23. The molecule has 1 aromatic heterocycles. The number of benzene rings is 2. The Morgan fingerprint density at radius 1 is 1.07 bits per heavy atom. The Kier molecular flexibility index (Phi) is 4.63. The molecule has 1 aliphatic heterocycles. The van der Waals surface area contributed by atoms with Crippen molar-refractivity contribution in [1.82, 2.24) is 9.29 Å². The number of anilines is 1. The second-order valence-electron chi connectivity index (χ2n) is 6.51. The van der Waals surface area contributed by atoms with Crippen molar-refractivity contribution in [2.45, 2.75) is 23.8 Å². The number of pyridine rings is 1. The first-order valence-corrected chi connectivity index (χ1v) is 10.2. The second kappa shape index (κ2) is 7.09. The summed E-state index contributed by atoms with van der Waals surface area (Å²) in [6.07, 6.45) is 4.30. The fourth-order valence-electron chi connectivity index (χ4n) is 3.42. The molecule has 2 aromatic carbocycles. The Balaban J connectivity index is 1.62. The minimum absolute atomic E-state index is 0.210. The largest absolute Gasteiger partial charge is 0.323 e. The number of rotatable bonds is 4. The molecule has 138 valence electrons. The molecule has 1 N–H and O–H groups in total. The summed E-state index contributed by atoms with van der Waals surface area (Å²) < 4.78 is 27.7. The molecule has 1 fully saturated rings. The highest BCUT2D eigenvalue weighted by molar-refractivity contribution is 7.89. The van der Waals surface area contributed by atoms with Crippen molar-refractivity contribution in [1.29, 1.82) is 0 Å². The maximum atomic E-state index is 13.2. The number of fused-ring (bicyclic) bond motifs is 1. The van der Waals surface area contributed by atoms with Crippen LogP contribution in [0.4, 0.5) is 5.69 Å². The zero-order valence-electron chi connectivity index (χ0n) is 14.6. The molecule has 4 rings (SSSR count). The summed E-state index contributed by atoms with van der Waals surface area (Å²) in [5.74, 6) is -0.329. The number of hydrogen-bond acceptors (Lipinski definition) is 4. The van der Waals surface area contributed by atoms with E-state index in [-0.39, 0.29) is 10.8 Å². The molecule has 0 spiro atoms. The topological polar surface area (TPSA) is 79.4 Å². The highest BCUT2D eigenvalue weighted by Crippen LogP contribution is 2.28. The van der Waals surface area contributed by atoms with Gasteiger partial charge in [-0.2, -0.15) is 4.31 Å². The number of aromatic nitrogens is 1. The summed E-state index contributed by atoms with van der Waals surface area (Å²) in [5, 5.41) is 4.59. The second-order valence-corrected chi connectivity index (χ2v) is 8.40. The zero-order chi connectivity index (χ0) is 18.9. The first-order valence-electron chi connectivity index (χ1n) is 8.77. The standard InChI is InChI=1S/C20H19N3O3S/c24-20(22-17-7-3-11-21-14-17)19-8-4-12-23(19)27(25,26)18-10-9-15-5-1-2-6-16(15)13-18/h1-3,5-7,9-11,13-14,19H,4,8,12H2,(H,22,24). The number of amides is 1. The number of carbonyl (C=O) groups excluding carboxylic acids is 1. The van der Waals surface area contributed by atoms with Crippen molar-refractivity contribution in [3.05, 3.63) is 67.0 Å². The third kappa shape index (κ3) is 3.43. The van der Waals surface area contributed by atoms with Crippen molar-refractivity contribution in [3.8, 4) is 0 Å². The fourth-order valence-corrected chi connectivity index (χ4v) is 5.11. The van der Waals surface area contributed by atoms with Gasteiger partial charge in [-0.1, -0.05) is 30.3 Å². The quantitative estimate of drug-likeness (QED) is 0.753. The van der Waals surface area contributed by atoms with Crippen LogP contribution in [0.1, 0.15) is 12.8 Å². The van der Waals surface area contributed by atoms with E-state index in [1.165, 1.54) is 10.5 Å². The third-order valence-electron chi connectivity index (χ3n) is 4.76. The van der Waals surface area contributed by atoms with E-state index < -0.39 is 16.1 Å². The van der Waals surface area contributed by atoms with Crippen LogP contribution in [0.2, 0.25) is 0 Å². The molecule has 0 aliphatic carbocycles. The number of nitrogens with one attached hydrogen (secondary N) is 1. The lowest BCUT2D eigenvalue weighted by atomic mass is 10.1. The van der Waals surface area contributed by atoms with Gasteiger partial charge < -0.3 is 5.32 Å². The average molecular weight is 381 g/mol. The van der Waals surface area contributed by atoms with Gasteiger partial charge >= 0.3 is 0 Å². The molecule has 0 bridgehead atoms. The van der Waals surface area contributed by atoms with Crippen LogP contribution < -0.4 is 5.32 Å². The molecule has 27 heavy (non-hydrogen) atoms. The van der Waals surface area contributed by atoms with Gasteiger partial charge in [0.1, 0.15) is 6.04 Å². The SMILES string of the molecule is O=C(Nc1cccnc1)C1CCCN1S(=O)(=O)c1ccc2ccccc2c1. The Bertz CT molecular complexity index is 1080. The summed E-state index contributed by atoms with van der Waals surface area (Å²) in [6, 6.07) is 15.4. The Morgan fingerprint density at radius 2 is 1.89 bits per heavy atom. The molecule has 3 aromatic rings. The summed E-state index contributed by atoms with van der Waals surface area (Å²) in [6.45, 7) is 0.334. The Labute approximate surface area is 157 Å². The van der Waals surface area contributed by atoms with Crippen LogP contribution in [-0.2, 0) is 14.8 Å². The highest BCUT2D eigenvalue weighted by atomic mass is 32.2. The number of carbonyl (C=O) groups is 1. The zero-order valence-corrected chi connectivity index (χ0v) is 15.4. The van der Waals surface area contributed by atoms with Crippen molar-refractivity contribution in [2.75, 3.05) is 11.9 Å². The molecular formula is C20H19N3O3S. The average Bonchev–Trinajstić information content (AvgIpc) is 3.19. The van der Waals surface area contributed by atoms with Crippen LogP contribution in [0.5, 0.6) is 0 Å². The van der Waals surface area contributed by atoms with E-state index in [4.69, 9.17) is 0 Å². The maximum Gasteiger partial charge on any atom is 0.243 e. The molecule has 1 aliphatic rings. The smallest absolute Gasteiger partial charge is 0.243 e. The van der Waals surface area contributed by atoms with Gasteiger partial charge in [0.25, 0.3) is 0 Å². The first-order chi connectivity index (χ1) is 13.1.